The predicted octanol–water partition coefficient (Wildman–Crippen LogP) is 4.84. The summed E-state index contributed by atoms with van der Waals surface area (Å²) in [5.74, 6) is 0.00722. The zero-order valence-electron chi connectivity index (χ0n) is 16.4. The minimum atomic E-state index is 0.00722. The van der Waals surface area contributed by atoms with Crippen molar-refractivity contribution in [2.45, 2.75) is 18.7 Å². The summed E-state index contributed by atoms with van der Waals surface area (Å²) >= 11 is 3.29. The van der Waals surface area contributed by atoms with Crippen molar-refractivity contribution < 1.29 is 4.79 Å². The number of nitrogens with zero attached hydrogens (tertiary/aromatic N) is 3. The third-order valence-corrected chi connectivity index (χ3v) is 6.07. The molecule has 2 aromatic carbocycles. The van der Waals surface area contributed by atoms with Gasteiger partial charge < -0.3 is 4.90 Å². The Morgan fingerprint density at radius 2 is 1.78 bits per heavy atom. The number of thiazole rings is 1. The van der Waals surface area contributed by atoms with Crippen LogP contribution in [0.4, 0.5) is 5.13 Å². The number of thioether (sulfide) groups is 1. The highest BCUT2D eigenvalue weighted by atomic mass is 32.2. The van der Waals surface area contributed by atoms with Crippen LogP contribution in [0.25, 0.3) is 10.2 Å². The number of amides is 1. The van der Waals surface area contributed by atoms with Gasteiger partial charge in [0.1, 0.15) is 0 Å². The van der Waals surface area contributed by atoms with Crippen LogP contribution in [0.1, 0.15) is 21.5 Å². The fourth-order valence-corrected chi connectivity index (χ4v) is 4.52. The van der Waals surface area contributed by atoms with E-state index >= 15 is 0 Å². The lowest BCUT2D eigenvalue weighted by molar-refractivity contribution is 0.0985. The number of carbonyl (C=O) groups is 1. The van der Waals surface area contributed by atoms with E-state index in [1.165, 1.54) is 4.90 Å². The van der Waals surface area contributed by atoms with Crippen LogP contribution in [0.3, 0.4) is 0 Å². The molecule has 0 aliphatic heterocycles. The van der Waals surface area contributed by atoms with Crippen LogP contribution in [0, 0.1) is 13.8 Å². The molecule has 0 saturated heterocycles. The summed E-state index contributed by atoms with van der Waals surface area (Å²) in [6.45, 7) is 5.43. The van der Waals surface area contributed by atoms with Crippen LogP contribution < -0.4 is 4.90 Å². The SMILES string of the molecule is CSc1ccc2nc(N(CCN(C)C)C(=O)c3cc(C)cc(C)c3)sc2c1. The average molecular weight is 400 g/mol. The zero-order valence-corrected chi connectivity index (χ0v) is 18.1. The second-order valence-corrected chi connectivity index (χ2v) is 8.86. The molecule has 3 aromatic rings. The van der Waals surface area contributed by atoms with Gasteiger partial charge in [0.2, 0.25) is 0 Å². The van der Waals surface area contributed by atoms with Crippen molar-refractivity contribution in [2.24, 2.45) is 0 Å². The first-order valence-corrected chi connectivity index (χ1v) is 10.9. The molecular weight excluding hydrogens is 374 g/mol. The molecular formula is C21H25N3OS2. The number of aromatic nitrogens is 1. The van der Waals surface area contributed by atoms with Gasteiger partial charge in [-0.25, -0.2) is 4.98 Å². The zero-order chi connectivity index (χ0) is 19.6. The quantitative estimate of drug-likeness (QED) is 0.556. The molecule has 0 N–H and O–H groups in total. The Morgan fingerprint density at radius 3 is 2.41 bits per heavy atom. The minimum Gasteiger partial charge on any atom is -0.308 e. The number of benzene rings is 2. The van der Waals surface area contributed by atoms with E-state index in [1.807, 2.05) is 51.0 Å². The van der Waals surface area contributed by atoms with Crippen LogP contribution in [0.15, 0.2) is 41.3 Å². The van der Waals surface area contributed by atoms with Crippen LogP contribution in [0.5, 0.6) is 0 Å². The van der Waals surface area contributed by atoms with Gasteiger partial charge in [0.05, 0.1) is 10.2 Å². The van der Waals surface area contributed by atoms with E-state index in [4.69, 9.17) is 4.98 Å². The summed E-state index contributed by atoms with van der Waals surface area (Å²) in [5, 5.41) is 0.759. The highest BCUT2D eigenvalue weighted by molar-refractivity contribution is 7.98. The van der Waals surface area contributed by atoms with Crippen molar-refractivity contribution in [1.29, 1.82) is 0 Å². The van der Waals surface area contributed by atoms with Gasteiger partial charge in [0, 0.05) is 23.5 Å². The van der Waals surface area contributed by atoms with Crippen LogP contribution in [0.2, 0.25) is 0 Å². The Morgan fingerprint density at radius 1 is 1.07 bits per heavy atom. The maximum Gasteiger partial charge on any atom is 0.260 e. The summed E-state index contributed by atoms with van der Waals surface area (Å²) in [7, 11) is 4.03. The van der Waals surface area contributed by atoms with E-state index in [0.717, 1.165) is 38.6 Å². The fraction of sp³-hybridized carbons (Fsp3) is 0.333. The molecule has 142 valence electrons. The van der Waals surface area contributed by atoms with Gasteiger partial charge >= 0.3 is 0 Å². The molecule has 0 fully saturated rings. The molecule has 0 aliphatic rings. The summed E-state index contributed by atoms with van der Waals surface area (Å²) < 4.78 is 1.11. The molecule has 0 saturated carbocycles. The lowest BCUT2D eigenvalue weighted by atomic mass is 10.1. The standard InChI is InChI=1S/C21H25N3OS2/c1-14-10-15(2)12-16(11-14)20(25)24(9-8-23(3)4)21-22-18-7-6-17(26-5)13-19(18)27-21/h6-7,10-13H,8-9H2,1-5H3. The number of hydrogen-bond acceptors (Lipinski definition) is 5. The van der Waals surface area contributed by atoms with Crippen molar-refractivity contribution in [3.05, 3.63) is 53.1 Å². The van der Waals surface area contributed by atoms with Gasteiger partial charge in [0.25, 0.3) is 5.91 Å². The van der Waals surface area contributed by atoms with Gasteiger partial charge in [-0.1, -0.05) is 28.5 Å². The Labute approximate surface area is 169 Å². The number of likely N-dealkylation sites (N-methyl/N-ethyl adjacent to an activating group) is 1. The van der Waals surface area contributed by atoms with Crippen LogP contribution in [-0.4, -0.2) is 49.2 Å². The van der Waals surface area contributed by atoms with Crippen molar-refractivity contribution in [3.63, 3.8) is 0 Å². The van der Waals surface area contributed by atoms with Crippen molar-refractivity contribution in [1.82, 2.24) is 9.88 Å². The van der Waals surface area contributed by atoms with E-state index in [1.54, 1.807) is 23.1 Å². The topological polar surface area (TPSA) is 36.4 Å². The average Bonchev–Trinajstić information content (AvgIpc) is 3.03. The number of aryl methyl sites for hydroxylation is 2. The molecule has 0 atom stereocenters. The molecule has 1 heterocycles. The van der Waals surface area contributed by atoms with E-state index in [0.29, 0.717) is 6.54 Å². The molecule has 1 aromatic heterocycles. The first-order valence-electron chi connectivity index (χ1n) is 8.87. The smallest absolute Gasteiger partial charge is 0.260 e. The highest BCUT2D eigenvalue weighted by Gasteiger charge is 2.22. The number of hydrogen-bond donors (Lipinski definition) is 0. The molecule has 0 aliphatic carbocycles. The van der Waals surface area contributed by atoms with Crippen LogP contribution >= 0.6 is 23.1 Å². The number of fused-ring (bicyclic) bond motifs is 1. The number of anilines is 1. The summed E-state index contributed by atoms with van der Waals surface area (Å²) in [5.41, 5.74) is 3.85. The molecule has 6 heteroatoms. The predicted molar refractivity (Wildman–Crippen MR) is 118 cm³/mol. The van der Waals surface area contributed by atoms with Crippen LogP contribution in [-0.2, 0) is 0 Å². The molecule has 4 nitrogen and oxygen atoms in total. The fourth-order valence-electron chi connectivity index (χ4n) is 2.97. The number of carbonyl (C=O) groups excluding carboxylic acids is 1. The molecule has 0 spiro atoms. The summed E-state index contributed by atoms with van der Waals surface area (Å²) in [6.07, 6.45) is 2.07. The lowest BCUT2D eigenvalue weighted by Gasteiger charge is -2.22. The number of rotatable bonds is 6. The van der Waals surface area contributed by atoms with E-state index in [-0.39, 0.29) is 5.91 Å². The largest absolute Gasteiger partial charge is 0.308 e. The molecule has 27 heavy (non-hydrogen) atoms. The molecule has 0 radical (unpaired) electrons. The third kappa shape index (κ3) is 4.69. The first-order chi connectivity index (χ1) is 12.9. The summed E-state index contributed by atoms with van der Waals surface area (Å²) in [4.78, 5) is 23.2. The van der Waals surface area contributed by atoms with E-state index in [9.17, 15) is 4.79 Å². The summed E-state index contributed by atoms with van der Waals surface area (Å²) in [6, 6.07) is 12.3. The van der Waals surface area contributed by atoms with Gasteiger partial charge in [-0.3, -0.25) is 9.69 Å². The molecule has 0 unspecified atom stereocenters. The highest BCUT2D eigenvalue weighted by Crippen LogP contribution is 2.32. The molecule has 3 rings (SSSR count). The van der Waals surface area contributed by atoms with Gasteiger partial charge in [-0.2, -0.15) is 0 Å². The monoisotopic (exact) mass is 399 g/mol. The minimum absolute atomic E-state index is 0.00722. The second-order valence-electron chi connectivity index (χ2n) is 6.97. The van der Waals surface area contributed by atoms with Crippen molar-refractivity contribution in [3.8, 4) is 0 Å². The Bertz CT molecular complexity index is 945. The Kier molecular flexibility index (Phi) is 6.19. The maximum absolute atomic E-state index is 13.3. The molecule has 1 amide bonds. The normalized spacial score (nSPS) is 11.3. The lowest BCUT2D eigenvalue weighted by Crippen LogP contribution is -2.36. The van der Waals surface area contributed by atoms with Crippen molar-refractivity contribution >= 4 is 44.4 Å². The van der Waals surface area contributed by atoms with Crippen molar-refractivity contribution in [2.75, 3.05) is 38.3 Å². The Balaban J connectivity index is 2.01. The van der Waals surface area contributed by atoms with Gasteiger partial charge in [-0.15, -0.1) is 11.8 Å². The first kappa shape index (κ1) is 19.9. The van der Waals surface area contributed by atoms with E-state index in [2.05, 4.69) is 29.4 Å². The van der Waals surface area contributed by atoms with E-state index < -0.39 is 0 Å². The third-order valence-electron chi connectivity index (χ3n) is 4.30. The molecule has 0 bridgehead atoms. The van der Waals surface area contributed by atoms with Gasteiger partial charge in [-0.05, 0) is 64.5 Å². The maximum atomic E-state index is 13.3. The van der Waals surface area contributed by atoms with Gasteiger partial charge in [0.15, 0.2) is 5.13 Å². The Hall–Kier alpha value is -1.89. The second kappa shape index (κ2) is 8.42.